The van der Waals surface area contributed by atoms with Crippen LogP contribution in [0.25, 0.3) is 0 Å². The maximum absolute atomic E-state index is 14.4. The van der Waals surface area contributed by atoms with Crippen LogP contribution >= 0.6 is 0 Å². The number of ether oxygens (including phenoxy) is 2. The lowest BCUT2D eigenvalue weighted by Gasteiger charge is -2.36. The average molecular weight is 579 g/mol. The molecule has 2 aliphatic heterocycles. The smallest absolute Gasteiger partial charge is 0.326 e. The van der Waals surface area contributed by atoms with Gasteiger partial charge in [-0.05, 0) is 47.3 Å². The van der Waals surface area contributed by atoms with E-state index in [0.29, 0.717) is 13.2 Å². The Hall–Kier alpha value is -2.90. The van der Waals surface area contributed by atoms with Crippen LogP contribution in [0.4, 0.5) is 0 Å². The van der Waals surface area contributed by atoms with E-state index in [9.17, 15) is 14.7 Å². The van der Waals surface area contributed by atoms with E-state index < -0.39 is 29.4 Å². The number of carbonyl (C=O) groups is 2. The zero-order valence-electron chi connectivity index (χ0n) is 26.6. The second-order valence-electron chi connectivity index (χ2n) is 14.2. The maximum Gasteiger partial charge on any atom is 0.326 e. The fourth-order valence-corrected chi connectivity index (χ4v) is 6.89. The molecular formula is C35H50N2O5. The molecule has 2 fully saturated rings. The van der Waals surface area contributed by atoms with Crippen LogP contribution in [-0.2, 0) is 26.3 Å². The lowest BCUT2D eigenvalue weighted by atomic mass is 9.72. The van der Waals surface area contributed by atoms with Crippen LogP contribution in [0.15, 0.2) is 48.5 Å². The Morgan fingerprint density at radius 2 is 1.76 bits per heavy atom. The number of nitrogens with zero attached hydrogens (tertiary/aromatic N) is 1. The minimum Gasteiger partial charge on any atom is -0.496 e. The lowest BCUT2D eigenvalue weighted by Crippen LogP contribution is -2.50. The third-order valence-corrected chi connectivity index (χ3v) is 9.15. The highest BCUT2D eigenvalue weighted by atomic mass is 16.5. The fourth-order valence-electron chi connectivity index (χ4n) is 6.89. The van der Waals surface area contributed by atoms with Crippen molar-refractivity contribution in [2.45, 2.75) is 104 Å². The van der Waals surface area contributed by atoms with Gasteiger partial charge in [-0.3, -0.25) is 4.79 Å². The molecule has 2 aliphatic rings. The number of aliphatic carboxylic acids is 1. The largest absolute Gasteiger partial charge is 0.496 e. The van der Waals surface area contributed by atoms with Crippen molar-refractivity contribution in [1.82, 2.24) is 10.2 Å². The van der Waals surface area contributed by atoms with Crippen molar-refractivity contribution in [3.05, 3.63) is 65.2 Å². The number of carboxylic acids is 1. The van der Waals surface area contributed by atoms with Crippen molar-refractivity contribution in [3.63, 3.8) is 0 Å². The lowest BCUT2D eigenvalue weighted by molar-refractivity contribution is -0.157. The minimum absolute atomic E-state index is 0.0378. The van der Waals surface area contributed by atoms with Crippen LogP contribution in [0.1, 0.15) is 90.5 Å². The molecule has 2 aromatic rings. The molecule has 0 saturated carbocycles. The number of carboxylic acid groups (broad SMARTS) is 1. The zero-order chi connectivity index (χ0) is 30.8. The number of hydrogen-bond acceptors (Lipinski definition) is 5. The van der Waals surface area contributed by atoms with Crippen LogP contribution in [0.5, 0.6) is 5.75 Å². The van der Waals surface area contributed by atoms with Gasteiger partial charge in [0.15, 0.2) is 0 Å². The highest BCUT2D eigenvalue weighted by molar-refractivity contribution is 5.87. The highest BCUT2D eigenvalue weighted by Gasteiger charge is 2.58. The summed E-state index contributed by atoms with van der Waals surface area (Å²) >= 11 is 0. The second kappa shape index (κ2) is 12.8. The first kappa shape index (κ1) is 32.0. The van der Waals surface area contributed by atoms with E-state index in [1.165, 1.54) is 5.56 Å². The van der Waals surface area contributed by atoms with Crippen molar-refractivity contribution in [3.8, 4) is 5.75 Å². The molecule has 0 aromatic heterocycles. The highest BCUT2D eigenvalue weighted by Crippen LogP contribution is 2.49. The standard InChI is InChI=1S/C35H50N2O5/c1-22(26-16-12-13-19-42-26)32(38)37-30(23-14-10-9-11-15-23)29(28(35(5,6)7)31(37)33(39)40)36-21-24-20-25(34(2,3)4)17-18-27(24)41-8/h9-11,14-15,17-18,20,22,26,28-31,36H,12-13,16,19,21H2,1-8H3,(H,39,40)/t22-,26+,28-,29-,30-,31-/m0/s1. The number of carbonyl (C=O) groups excluding carboxylic acids is 1. The molecule has 7 heteroatoms. The van der Waals surface area contributed by atoms with Gasteiger partial charge in [-0.15, -0.1) is 0 Å². The van der Waals surface area contributed by atoms with Crippen molar-refractivity contribution in [1.29, 1.82) is 0 Å². The minimum atomic E-state index is -0.992. The summed E-state index contributed by atoms with van der Waals surface area (Å²) < 4.78 is 11.8. The monoisotopic (exact) mass is 578 g/mol. The molecule has 0 bridgehead atoms. The first-order valence-electron chi connectivity index (χ1n) is 15.4. The van der Waals surface area contributed by atoms with Crippen LogP contribution in [0, 0.1) is 17.3 Å². The number of hydrogen-bond donors (Lipinski definition) is 2. The Kier molecular flexibility index (Phi) is 9.73. The van der Waals surface area contributed by atoms with Gasteiger partial charge < -0.3 is 24.8 Å². The Balaban J connectivity index is 1.80. The number of rotatable bonds is 8. The Morgan fingerprint density at radius 1 is 1.07 bits per heavy atom. The zero-order valence-corrected chi connectivity index (χ0v) is 26.6. The van der Waals surface area contributed by atoms with Gasteiger partial charge in [0.1, 0.15) is 11.8 Å². The molecule has 7 nitrogen and oxygen atoms in total. The molecule has 2 heterocycles. The van der Waals surface area contributed by atoms with Gasteiger partial charge in [-0.1, -0.05) is 90.9 Å². The van der Waals surface area contributed by atoms with Crippen LogP contribution in [0.2, 0.25) is 0 Å². The molecule has 1 amide bonds. The molecule has 4 rings (SSSR count). The molecule has 0 radical (unpaired) electrons. The first-order chi connectivity index (χ1) is 19.8. The van der Waals surface area contributed by atoms with Gasteiger partial charge in [-0.2, -0.15) is 0 Å². The van der Waals surface area contributed by atoms with Crippen molar-refractivity contribution in [2.24, 2.45) is 17.3 Å². The topological polar surface area (TPSA) is 88.1 Å². The van der Waals surface area contributed by atoms with E-state index in [1.54, 1.807) is 12.0 Å². The number of methoxy groups -OCH3 is 1. The summed E-state index contributed by atoms with van der Waals surface area (Å²) in [7, 11) is 1.67. The van der Waals surface area contributed by atoms with Gasteiger partial charge in [-0.25, -0.2) is 4.79 Å². The molecule has 42 heavy (non-hydrogen) atoms. The molecule has 230 valence electrons. The quantitative estimate of drug-likeness (QED) is 0.379. The van der Waals surface area contributed by atoms with E-state index in [4.69, 9.17) is 9.47 Å². The predicted octanol–water partition coefficient (Wildman–Crippen LogP) is 6.36. The van der Waals surface area contributed by atoms with Gasteiger partial charge in [0.25, 0.3) is 0 Å². The molecule has 0 aliphatic carbocycles. The van der Waals surface area contributed by atoms with Crippen LogP contribution in [0.3, 0.4) is 0 Å². The Morgan fingerprint density at radius 3 is 2.31 bits per heavy atom. The number of likely N-dealkylation sites (tertiary alicyclic amines) is 1. The summed E-state index contributed by atoms with van der Waals surface area (Å²) in [4.78, 5) is 29.3. The van der Waals surface area contributed by atoms with E-state index in [-0.39, 0.29) is 29.4 Å². The molecule has 2 N–H and O–H groups in total. The maximum atomic E-state index is 14.4. The Labute approximate surface area is 252 Å². The van der Waals surface area contributed by atoms with E-state index in [0.717, 1.165) is 36.1 Å². The number of benzene rings is 2. The van der Waals surface area contributed by atoms with E-state index in [2.05, 4.69) is 59.0 Å². The van der Waals surface area contributed by atoms with Gasteiger partial charge in [0, 0.05) is 30.7 Å². The molecular weight excluding hydrogens is 528 g/mol. The molecule has 0 unspecified atom stereocenters. The van der Waals surface area contributed by atoms with Gasteiger partial charge in [0.2, 0.25) is 5.91 Å². The van der Waals surface area contributed by atoms with Crippen LogP contribution < -0.4 is 10.1 Å². The summed E-state index contributed by atoms with van der Waals surface area (Å²) in [5.74, 6) is -1.16. The average Bonchev–Trinajstić information content (AvgIpc) is 3.31. The number of amides is 1. The third-order valence-electron chi connectivity index (χ3n) is 9.15. The summed E-state index contributed by atoms with van der Waals surface area (Å²) in [5, 5.41) is 14.5. The summed E-state index contributed by atoms with van der Waals surface area (Å²) in [5.41, 5.74) is 2.67. The van der Waals surface area contributed by atoms with Crippen LogP contribution in [-0.4, -0.2) is 53.8 Å². The number of nitrogens with one attached hydrogen (secondary N) is 1. The van der Waals surface area contributed by atoms with E-state index >= 15 is 0 Å². The molecule has 0 spiro atoms. The second-order valence-corrected chi connectivity index (χ2v) is 14.2. The Bertz CT molecular complexity index is 1230. The molecule has 2 saturated heterocycles. The fraction of sp³-hybridized carbons (Fsp3) is 0.600. The van der Waals surface area contributed by atoms with E-state index in [1.807, 2.05) is 43.3 Å². The summed E-state index contributed by atoms with van der Waals surface area (Å²) in [6, 6.07) is 14.4. The third kappa shape index (κ3) is 6.68. The molecule has 6 atom stereocenters. The van der Waals surface area contributed by atoms with Gasteiger partial charge >= 0.3 is 5.97 Å². The van der Waals surface area contributed by atoms with Crippen molar-refractivity contribution >= 4 is 11.9 Å². The van der Waals surface area contributed by atoms with Crippen molar-refractivity contribution < 1.29 is 24.2 Å². The summed E-state index contributed by atoms with van der Waals surface area (Å²) in [6.45, 7) is 15.8. The molecule has 2 aromatic carbocycles. The van der Waals surface area contributed by atoms with Crippen molar-refractivity contribution in [2.75, 3.05) is 13.7 Å². The van der Waals surface area contributed by atoms with Gasteiger partial charge in [0.05, 0.1) is 25.2 Å². The normalized spacial score (nSPS) is 25.7. The summed E-state index contributed by atoms with van der Waals surface area (Å²) in [6.07, 6.45) is 2.60. The predicted molar refractivity (Wildman–Crippen MR) is 165 cm³/mol. The first-order valence-corrected chi connectivity index (χ1v) is 15.4. The SMILES string of the molecule is COc1ccc(C(C)(C)C)cc1CN[C@H]1[C@H](C(C)(C)C)[C@@H](C(=O)O)N(C(=O)[C@@H](C)[C@H]2CCCCO2)[C@H]1c1ccccc1.